The average molecular weight is 530 g/mol. The van der Waals surface area contributed by atoms with E-state index in [-0.39, 0.29) is 47.7 Å². The van der Waals surface area contributed by atoms with Crippen molar-refractivity contribution < 1.29 is 22.4 Å². The van der Waals surface area contributed by atoms with Crippen LogP contribution < -0.4 is 0 Å². The number of likely N-dealkylation sites (tertiary alicyclic amines) is 1. The summed E-state index contributed by atoms with van der Waals surface area (Å²) >= 11 is 0. The van der Waals surface area contributed by atoms with E-state index in [1.165, 1.54) is 16.4 Å². The molecule has 0 N–H and O–H groups in total. The quantitative estimate of drug-likeness (QED) is 0.464. The summed E-state index contributed by atoms with van der Waals surface area (Å²) in [5.41, 5.74) is 1.74. The molecule has 1 saturated carbocycles. The lowest BCUT2D eigenvalue weighted by molar-refractivity contribution is -0.137. The Morgan fingerprint density at radius 2 is 1.57 bits per heavy atom. The van der Waals surface area contributed by atoms with Gasteiger partial charge in [0.1, 0.15) is 5.82 Å². The third kappa shape index (κ3) is 6.76. The highest BCUT2D eigenvalue weighted by molar-refractivity contribution is 7.89. The number of aryl methyl sites for hydroxylation is 1. The van der Waals surface area contributed by atoms with Crippen molar-refractivity contribution >= 4 is 21.8 Å². The van der Waals surface area contributed by atoms with E-state index in [1.54, 1.807) is 41.3 Å². The zero-order valence-electron chi connectivity index (χ0n) is 21.6. The van der Waals surface area contributed by atoms with Crippen molar-refractivity contribution in [3.63, 3.8) is 0 Å². The van der Waals surface area contributed by atoms with Gasteiger partial charge in [0.15, 0.2) is 0 Å². The number of sulfonamides is 1. The molecule has 1 aliphatic carbocycles. The summed E-state index contributed by atoms with van der Waals surface area (Å²) in [5, 5.41) is 0. The lowest BCUT2D eigenvalue weighted by Crippen LogP contribution is -2.51. The van der Waals surface area contributed by atoms with Crippen LogP contribution in [0.2, 0.25) is 0 Å². The van der Waals surface area contributed by atoms with Crippen LogP contribution in [-0.4, -0.2) is 66.1 Å². The van der Waals surface area contributed by atoms with E-state index in [0.717, 1.165) is 30.4 Å². The highest BCUT2D eigenvalue weighted by Gasteiger charge is 2.41. The Hall–Kier alpha value is -2.78. The minimum atomic E-state index is -3.84. The Morgan fingerprint density at radius 3 is 2.14 bits per heavy atom. The highest BCUT2D eigenvalue weighted by Crippen LogP contribution is 2.32. The molecule has 0 atom stereocenters. The van der Waals surface area contributed by atoms with Crippen LogP contribution in [-0.2, 0) is 26.2 Å². The van der Waals surface area contributed by atoms with Gasteiger partial charge in [-0.1, -0.05) is 36.8 Å². The van der Waals surface area contributed by atoms with E-state index >= 15 is 0 Å². The molecule has 0 radical (unpaired) electrons. The maximum Gasteiger partial charge on any atom is 0.243 e. The molecule has 2 fully saturated rings. The third-order valence-corrected chi connectivity index (χ3v) is 9.09. The largest absolute Gasteiger partial charge is 0.343 e. The Morgan fingerprint density at radius 1 is 0.946 bits per heavy atom. The lowest BCUT2D eigenvalue weighted by Gasteiger charge is -2.39. The maximum atomic E-state index is 13.8. The predicted molar refractivity (Wildman–Crippen MR) is 140 cm³/mol. The molecule has 2 aromatic carbocycles. The van der Waals surface area contributed by atoms with Gasteiger partial charge in [0, 0.05) is 38.1 Å². The Bertz CT molecular complexity index is 1190. The van der Waals surface area contributed by atoms with Gasteiger partial charge in [-0.15, -0.1) is 0 Å². The van der Waals surface area contributed by atoms with E-state index in [0.29, 0.717) is 32.4 Å². The van der Waals surface area contributed by atoms with Gasteiger partial charge in [-0.3, -0.25) is 9.59 Å². The molecule has 2 aromatic rings. The van der Waals surface area contributed by atoms with Crippen molar-refractivity contribution in [3.05, 3.63) is 65.5 Å². The molecule has 1 aliphatic heterocycles. The van der Waals surface area contributed by atoms with Crippen molar-refractivity contribution in [1.82, 2.24) is 14.1 Å². The summed E-state index contributed by atoms with van der Waals surface area (Å²) in [4.78, 5) is 29.9. The van der Waals surface area contributed by atoms with Crippen molar-refractivity contribution in [1.29, 1.82) is 0 Å². The number of halogens is 1. The summed E-state index contributed by atoms with van der Waals surface area (Å²) < 4.78 is 41.9. The first-order chi connectivity index (χ1) is 17.7. The van der Waals surface area contributed by atoms with E-state index in [9.17, 15) is 22.4 Å². The molecule has 9 heteroatoms. The van der Waals surface area contributed by atoms with Crippen LogP contribution in [0.15, 0.2) is 53.4 Å². The van der Waals surface area contributed by atoms with Crippen molar-refractivity contribution in [2.45, 2.75) is 75.9 Å². The second-order valence-corrected chi connectivity index (χ2v) is 12.0. The molecule has 0 bridgehead atoms. The molecule has 2 aliphatic rings. The lowest BCUT2D eigenvalue weighted by atomic mass is 10.0. The first-order valence-electron chi connectivity index (χ1n) is 13.1. The average Bonchev–Trinajstić information content (AvgIpc) is 3.72. The standard InChI is InChI=1S/C28H36FN3O4S/c1-3-4-27(33)30-17-15-24(16-18-30)31(19-22-7-9-23(29)10-8-22)28(34)20-32(25-11-12-25)37(35,36)26-13-5-21(2)6-14-26/h5-10,13-14,24-25H,3-4,11-12,15-20H2,1-2H3. The fraction of sp³-hybridized carbons (Fsp3) is 0.500. The van der Waals surface area contributed by atoms with Crippen LogP contribution in [0, 0.1) is 12.7 Å². The van der Waals surface area contributed by atoms with Crippen LogP contribution in [0.5, 0.6) is 0 Å². The SMILES string of the molecule is CCCC(=O)N1CCC(N(Cc2ccc(F)cc2)C(=O)CN(C2CC2)S(=O)(=O)c2ccc(C)cc2)CC1. The molecule has 0 unspecified atom stereocenters. The molecular weight excluding hydrogens is 493 g/mol. The van der Waals surface area contributed by atoms with Crippen LogP contribution in [0.25, 0.3) is 0 Å². The second kappa shape index (κ2) is 11.7. The highest BCUT2D eigenvalue weighted by atomic mass is 32.2. The summed E-state index contributed by atoms with van der Waals surface area (Å²) in [6, 6.07) is 12.4. The molecule has 0 spiro atoms. The minimum Gasteiger partial charge on any atom is -0.343 e. The van der Waals surface area contributed by atoms with E-state index in [1.807, 2.05) is 18.7 Å². The van der Waals surface area contributed by atoms with Crippen molar-refractivity contribution in [3.8, 4) is 0 Å². The molecule has 200 valence electrons. The van der Waals surface area contributed by atoms with Crippen LogP contribution in [0.4, 0.5) is 4.39 Å². The summed E-state index contributed by atoms with van der Waals surface area (Å²) in [5.74, 6) is -0.500. The summed E-state index contributed by atoms with van der Waals surface area (Å²) in [6.45, 7) is 5.01. The zero-order chi connectivity index (χ0) is 26.6. The van der Waals surface area contributed by atoms with Gasteiger partial charge >= 0.3 is 0 Å². The fourth-order valence-electron chi connectivity index (χ4n) is 4.85. The smallest absolute Gasteiger partial charge is 0.243 e. The molecule has 0 aromatic heterocycles. The van der Waals surface area contributed by atoms with Crippen LogP contribution in [0.3, 0.4) is 0 Å². The number of rotatable bonds is 10. The zero-order valence-corrected chi connectivity index (χ0v) is 22.4. The van der Waals surface area contributed by atoms with Crippen LogP contribution >= 0.6 is 0 Å². The first kappa shape index (κ1) is 27.3. The van der Waals surface area contributed by atoms with Crippen LogP contribution in [0.1, 0.15) is 56.6 Å². The molecule has 1 heterocycles. The van der Waals surface area contributed by atoms with Gasteiger partial charge in [-0.25, -0.2) is 12.8 Å². The number of carbonyl (C=O) groups is 2. The normalized spacial score (nSPS) is 16.7. The first-order valence-corrected chi connectivity index (χ1v) is 14.5. The molecule has 4 rings (SSSR count). The topological polar surface area (TPSA) is 78.0 Å². The van der Waals surface area contributed by atoms with Gasteiger partial charge in [0.2, 0.25) is 21.8 Å². The monoisotopic (exact) mass is 529 g/mol. The fourth-order valence-corrected chi connectivity index (χ4v) is 6.48. The number of amides is 2. The minimum absolute atomic E-state index is 0.126. The van der Waals surface area contributed by atoms with Gasteiger partial charge in [-0.2, -0.15) is 4.31 Å². The third-order valence-electron chi connectivity index (χ3n) is 7.18. The number of nitrogens with zero attached hydrogens (tertiary/aromatic N) is 3. The summed E-state index contributed by atoms with van der Waals surface area (Å²) in [7, 11) is -3.84. The van der Waals surface area contributed by atoms with Gasteiger partial charge in [-0.05, 0) is 68.9 Å². The number of hydrogen-bond acceptors (Lipinski definition) is 4. The number of piperidine rings is 1. The van der Waals surface area contributed by atoms with Gasteiger partial charge in [0.05, 0.1) is 11.4 Å². The van der Waals surface area contributed by atoms with Gasteiger partial charge in [0.25, 0.3) is 0 Å². The number of hydrogen-bond donors (Lipinski definition) is 0. The Kier molecular flexibility index (Phi) is 8.64. The number of benzene rings is 2. The molecule has 37 heavy (non-hydrogen) atoms. The summed E-state index contributed by atoms with van der Waals surface area (Å²) in [6.07, 6.45) is 4.01. The molecule has 2 amide bonds. The van der Waals surface area contributed by atoms with Gasteiger partial charge < -0.3 is 9.80 Å². The van der Waals surface area contributed by atoms with E-state index < -0.39 is 10.0 Å². The van der Waals surface area contributed by atoms with E-state index in [2.05, 4.69) is 0 Å². The van der Waals surface area contributed by atoms with Crippen molar-refractivity contribution in [2.75, 3.05) is 19.6 Å². The Labute approximate surface area is 219 Å². The molecule has 7 nitrogen and oxygen atoms in total. The maximum absolute atomic E-state index is 13.8. The number of carbonyl (C=O) groups excluding carboxylic acids is 2. The van der Waals surface area contributed by atoms with E-state index in [4.69, 9.17) is 0 Å². The predicted octanol–water partition coefficient (Wildman–Crippen LogP) is 4.11. The second-order valence-electron chi connectivity index (χ2n) is 10.1. The van der Waals surface area contributed by atoms with Crippen molar-refractivity contribution in [2.24, 2.45) is 0 Å². The Balaban J connectivity index is 1.54. The molecular formula is C28H36FN3O4S. The molecule has 1 saturated heterocycles.